The summed E-state index contributed by atoms with van der Waals surface area (Å²) >= 11 is 0. The molecule has 0 aliphatic rings. The zero-order chi connectivity index (χ0) is 12.3. The van der Waals surface area contributed by atoms with E-state index in [2.05, 4.69) is 29.8 Å². The number of hydrogen-bond acceptors (Lipinski definition) is 2. The van der Waals surface area contributed by atoms with E-state index >= 15 is 0 Å². The third kappa shape index (κ3) is 2.49. The van der Waals surface area contributed by atoms with Crippen LogP contribution in [0.15, 0.2) is 30.5 Å². The summed E-state index contributed by atoms with van der Waals surface area (Å²) in [6, 6.07) is 8.23. The quantitative estimate of drug-likeness (QED) is 0.758. The minimum Gasteiger partial charge on any atom is -0.466 e. The molecule has 3 heteroatoms. The van der Waals surface area contributed by atoms with Gasteiger partial charge in [-0.25, -0.2) is 0 Å². The van der Waals surface area contributed by atoms with Crippen LogP contribution in [0.25, 0.3) is 10.9 Å². The van der Waals surface area contributed by atoms with Gasteiger partial charge in [0.2, 0.25) is 0 Å². The Bertz CT molecular complexity index is 528. The first-order valence-corrected chi connectivity index (χ1v) is 5.92. The van der Waals surface area contributed by atoms with Gasteiger partial charge in [0.25, 0.3) is 0 Å². The summed E-state index contributed by atoms with van der Waals surface area (Å²) in [6.45, 7) is 5.04. The molecule has 0 amide bonds. The van der Waals surface area contributed by atoms with E-state index in [1.165, 1.54) is 16.5 Å². The Balaban J connectivity index is 2.16. The molecule has 0 fully saturated rings. The van der Waals surface area contributed by atoms with Crippen molar-refractivity contribution >= 4 is 16.9 Å². The van der Waals surface area contributed by atoms with Crippen molar-refractivity contribution in [1.29, 1.82) is 0 Å². The molecule has 0 bridgehead atoms. The number of nitrogens with zero attached hydrogens (tertiary/aromatic N) is 1. The fourth-order valence-corrected chi connectivity index (χ4v) is 2.06. The SMILES string of the molecule is CCOC(=O)CCn1cc(C)c2ccccc21. The molecule has 2 rings (SSSR count). The Morgan fingerprint density at radius 1 is 1.35 bits per heavy atom. The summed E-state index contributed by atoms with van der Waals surface area (Å²) in [5.41, 5.74) is 2.42. The molecule has 0 N–H and O–H groups in total. The average Bonchev–Trinajstić information content (AvgIpc) is 2.65. The zero-order valence-corrected chi connectivity index (χ0v) is 10.3. The van der Waals surface area contributed by atoms with Crippen molar-refractivity contribution in [3.05, 3.63) is 36.0 Å². The van der Waals surface area contributed by atoms with Crippen molar-refractivity contribution < 1.29 is 9.53 Å². The highest BCUT2D eigenvalue weighted by atomic mass is 16.5. The molecule has 3 nitrogen and oxygen atoms in total. The van der Waals surface area contributed by atoms with Crippen molar-refractivity contribution in [3.8, 4) is 0 Å². The highest BCUT2D eigenvalue weighted by Gasteiger charge is 2.07. The van der Waals surface area contributed by atoms with Crippen molar-refractivity contribution in [3.63, 3.8) is 0 Å². The Labute approximate surface area is 101 Å². The van der Waals surface area contributed by atoms with Crippen LogP contribution in [0.5, 0.6) is 0 Å². The summed E-state index contributed by atoms with van der Waals surface area (Å²) < 4.78 is 7.04. The number of benzene rings is 1. The smallest absolute Gasteiger partial charge is 0.307 e. The first-order valence-electron chi connectivity index (χ1n) is 5.92. The average molecular weight is 231 g/mol. The summed E-state index contributed by atoms with van der Waals surface area (Å²) in [5.74, 6) is -0.136. The molecule has 90 valence electrons. The molecular weight excluding hydrogens is 214 g/mol. The summed E-state index contributed by atoms with van der Waals surface area (Å²) in [5, 5.41) is 1.25. The lowest BCUT2D eigenvalue weighted by Crippen LogP contribution is -2.08. The number of fused-ring (bicyclic) bond motifs is 1. The first-order chi connectivity index (χ1) is 8.22. The van der Waals surface area contributed by atoms with Gasteiger partial charge in [0.05, 0.1) is 13.0 Å². The molecule has 17 heavy (non-hydrogen) atoms. The molecule has 1 heterocycles. The van der Waals surface area contributed by atoms with Gasteiger partial charge in [-0.1, -0.05) is 18.2 Å². The number of aryl methyl sites for hydroxylation is 2. The Morgan fingerprint density at radius 2 is 2.12 bits per heavy atom. The van der Waals surface area contributed by atoms with E-state index < -0.39 is 0 Å². The van der Waals surface area contributed by atoms with Crippen LogP contribution in [-0.2, 0) is 16.1 Å². The zero-order valence-electron chi connectivity index (χ0n) is 10.3. The number of hydrogen-bond donors (Lipinski definition) is 0. The number of ether oxygens (including phenoxy) is 1. The lowest BCUT2D eigenvalue weighted by atomic mass is 10.2. The highest BCUT2D eigenvalue weighted by molar-refractivity contribution is 5.83. The summed E-state index contributed by atoms with van der Waals surface area (Å²) in [6.07, 6.45) is 2.51. The van der Waals surface area contributed by atoms with E-state index in [4.69, 9.17) is 4.74 Å². The number of para-hydroxylation sites is 1. The molecule has 0 saturated heterocycles. The molecule has 0 spiro atoms. The van der Waals surface area contributed by atoms with Crippen LogP contribution >= 0.6 is 0 Å². The standard InChI is InChI=1S/C14H17NO2/c1-3-17-14(16)8-9-15-10-11(2)12-6-4-5-7-13(12)15/h4-7,10H,3,8-9H2,1-2H3. The van der Waals surface area contributed by atoms with Gasteiger partial charge >= 0.3 is 5.97 Å². The van der Waals surface area contributed by atoms with Crippen molar-refractivity contribution in [2.24, 2.45) is 0 Å². The topological polar surface area (TPSA) is 31.2 Å². The lowest BCUT2D eigenvalue weighted by Gasteiger charge is -2.05. The fourth-order valence-electron chi connectivity index (χ4n) is 2.06. The second-order valence-corrected chi connectivity index (χ2v) is 4.08. The van der Waals surface area contributed by atoms with Gasteiger partial charge in [-0.3, -0.25) is 4.79 Å². The van der Waals surface area contributed by atoms with Crippen LogP contribution in [0.3, 0.4) is 0 Å². The molecule has 1 aromatic carbocycles. The van der Waals surface area contributed by atoms with Gasteiger partial charge < -0.3 is 9.30 Å². The van der Waals surface area contributed by atoms with E-state index in [0.717, 1.165) is 0 Å². The Hall–Kier alpha value is -1.77. The maximum Gasteiger partial charge on any atom is 0.307 e. The molecule has 2 aromatic rings. The summed E-state index contributed by atoms with van der Waals surface area (Å²) in [4.78, 5) is 11.3. The highest BCUT2D eigenvalue weighted by Crippen LogP contribution is 2.20. The third-order valence-corrected chi connectivity index (χ3v) is 2.85. The number of aromatic nitrogens is 1. The molecule has 0 unspecified atom stereocenters. The number of carbonyl (C=O) groups excluding carboxylic acids is 1. The molecule has 0 saturated carbocycles. The monoisotopic (exact) mass is 231 g/mol. The second-order valence-electron chi connectivity index (χ2n) is 4.08. The predicted octanol–water partition coefficient (Wildman–Crippen LogP) is 2.90. The van der Waals surface area contributed by atoms with Crippen molar-refractivity contribution in [1.82, 2.24) is 4.57 Å². The predicted molar refractivity (Wildman–Crippen MR) is 67.9 cm³/mol. The van der Waals surface area contributed by atoms with Crippen LogP contribution in [0.1, 0.15) is 18.9 Å². The first kappa shape index (κ1) is 11.7. The minimum absolute atomic E-state index is 0.136. The number of esters is 1. The van der Waals surface area contributed by atoms with Gasteiger partial charge in [0.1, 0.15) is 0 Å². The maximum atomic E-state index is 11.3. The second kappa shape index (κ2) is 5.04. The molecular formula is C14H17NO2. The third-order valence-electron chi connectivity index (χ3n) is 2.85. The van der Waals surface area contributed by atoms with Gasteiger partial charge in [-0.2, -0.15) is 0 Å². The van der Waals surface area contributed by atoms with E-state index in [-0.39, 0.29) is 5.97 Å². The van der Waals surface area contributed by atoms with Gasteiger partial charge in [0.15, 0.2) is 0 Å². The Morgan fingerprint density at radius 3 is 2.88 bits per heavy atom. The van der Waals surface area contributed by atoms with E-state index in [1.54, 1.807) is 0 Å². The van der Waals surface area contributed by atoms with Gasteiger partial charge in [0, 0.05) is 23.6 Å². The maximum absolute atomic E-state index is 11.3. The van der Waals surface area contributed by atoms with Crippen molar-refractivity contribution in [2.75, 3.05) is 6.61 Å². The Kier molecular flexibility index (Phi) is 3.47. The minimum atomic E-state index is -0.136. The van der Waals surface area contributed by atoms with Crippen LogP contribution in [0.2, 0.25) is 0 Å². The van der Waals surface area contributed by atoms with E-state index in [9.17, 15) is 4.79 Å². The normalized spacial score (nSPS) is 10.7. The van der Waals surface area contributed by atoms with Crippen molar-refractivity contribution in [2.45, 2.75) is 26.8 Å². The number of rotatable bonds is 4. The lowest BCUT2D eigenvalue weighted by molar-refractivity contribution is -0.143. The van der Waals surface area contributed by atoms with Crippen LogP contribution < -0.4 is 0 Å². The van der Waals surface area contributed by atoms with Crippen LogP contribution in [0.4, 0.5) is 0 Å². The summed E-state index contributed by atoms with van der Waals surface area (Å²) in [7, 11) is 0. The van der Waals surface area contributed by atoms with E-state index in [1.807, 2.05) is 19.1 Å². The largest absolute Gasteiger partial charge is 0.466 e. The number of carbonyl (C=O) groups is 1. The van der Waals surface area contributed by atoms with E-state index in [0.29, 0.717) is 19.6 Å². The van der Waals surface area contributed by atoms with Crippen LogP contribution in [-0.4, -0.2) is 17.1 Å². The van der Waals surface area contributed by atoms with Gasteiger partial charge in [-0.15, -0.1) is 0 Å². The van der Waals surface area contributed by atoms with Crippen LogP contribution in [0, 0.1) is 6.92 Å². The molecule has 0 aliphatic carbocycles. The fraction of sp³-hybridized carbons (Fsp3) is 0.357. The molecule has 0 radical (unpaired) electrons. The molecule has 0 aliphatic heterocycles. The molecule has 1 aromatic heterocycles. The molecule has 0 atom stereocenters. The van der Waals surface area contributed by atoms with Gasteiger partial charge in [-0.05, 0) is 25.5 Å².